The number of esters is 1. The van der Waals surface area contributed by atoms with Crippen molar-refractivity contribution in [2.24, 2.45) is 0 Å². The van der Waals surface area contributed by atoms with E-state index in [0.29, 0.717) is 13.0 Å². The van der Waals surface area contributed by atoms with E-state index in [0.717, 1.165) is 18.4 Å². The number of hydrogen-bond donors (Lipinski definition) is 0. The Labute approximate surface area is 212 Å². The van der Waals surface area contributed by atoms with E-state index >= 15 is 0 Å². The highest BCUT2D eigenvalue weighted by Crippen LogP contribution is 2.29. The van der Waals surface area contributed by atoms with Crippen molar-refractivity contribution in [2.45, 2.75) is 103 Å². The molecular weight excluding hydrogens is 428 g/mol. The predicted octanol–water partition coefficient (Wildman–Crippen LogP) is 10.1. The molecule has 0 radical (unpaired) electrons. The molecule has 0 aliphatic heterocycles. The van der Waals surface area contributed by atoms with Gasteiger partial charge in [0.15, 0.2) is 0 Å². The minimum atomic E-state index is -0.0801. The van der Waals surface area contributed by atoms with Gasteiger partial charge in [0.25, 0.3) is 0 Å². The summed E-state index contributed by atoms with van der Waals surface area (Å²) in [6, 6.07) is 18.9. The zero-order valence-electron chi connectivity index (χ0n) is 21.8. The first-order chi connectivity index (χ1) is 17.3. The van der Waals surface area contributed by atoms with E-state index in [1.807, 2.05) is 0 Å². The van der Waals surface area contributed by atoms with E-state index < -0.39 is 0 Å². The van der Waals surface area contributed by atoms with Crippen LogP contribution in [0.3, 0.4) is 0 Å². The summed E-state index contributed by atoms with van der Waals surface area (Å²) in [5.74, 6) is -0.0801. The fourth-order valence-electron chi connectivity index (χ4n) is 4.83. The summed E-state index contributed by atoms with van der Waals surface area (Å²) in [6.45, 7) is 2.60. The molecule has 3 rings (SSSR count). The van der Waals surface area contributed by atoms with Crippen molar-refractivity contribution in [2.75, 3.05) is 0 Å². The highest BCUT2D eigenvalue weighted by Gasteiger charge is 2.10. The van der Waals surface area contributed by atoms with E-state index in [2.05, 4.69) is 73.7 Å². The smallest absolute Gasteiger partial charge is 0.306 e. The second-order valence-corrected chi connectivity index (χ2v) is 9.79. The van der Waals surface area contributed by atoms with Gasteiger partial charge >= 0.3 is 5.97 Å². The third kappa shape index (κ3) is 9.51. The van der Waals surface area contributed by atoms with Crippen LogP contribution >= 0.6 is 0 Å². The maximum absolute atomic E-state index is 12.4. The standard InChI is InChI=1S/C33H44O2/c1-2-3-4-5-6-7-8-9-10-11-12-13-14-15-16-25-33(34)35-27-32-30-23-19-17-21-28(30)26-29-22-18-20-24-31(29)32/h7-8,17-24,26H,2-6,9-16,25,27H2,1H3/b8-7-. The number of fused-ring (bicyclic) bond motifs is 2. The molecular formula is C33H44O2. The molecule has 2 nitrogen and oxygen atoms in total. The lowest BCUT2D eigenvalue weighted by atomic mass is 9.97. The maximum Gasteiger partial charge on any atom is 0.306 e. The van der Waals surface area contributed by atoms with Crippen molar-refractivity contribution >= 4 is 27.5 Å². The molecule has 0 saturated heterocycles. The number of allylic oxidation sites excluding steroid dienone is 2. The Kier molecular flexibility index (Phi) is 12.4. The van der Waals surface area contributed by atoms with Gasteiger partial charge in [-0.25, -0.2) is 0 Å². The van der Waals surface area contributed by atoms with Gasteiger partial charge in [-0.2, -0.15) is 0 Å². The zero-order valence-corrected chi connectivity index (χ0v) is 21.8. The summed E-state index contributed by atoms with van der Waals surface area (Å²) in [5.41, 5.74) is 1.11. The van der Waals surface area contributed by atoms with Gasteiger partial charge in [-0.05, 0) is 59.7 Å². The minimum absolute atomic E-state index is 0.0801. The fourth-order valence-corrected chi connectivity index (χ4v) is 4.83. The van der Waals surface area contributed by atoms with Crippen LogP contribution in [0.4, 0.5) is 0 Å². The van der Waals surface area contributed by atoms with E-state index in [9.17, 15) is 4.79 Å². The molecule has 0 aromatic heterocycles. The fraction of sp³-hybridized carbons (Fsp3) is 0.485. The van der Waals surface area contributed by atoms with Gasteiger partial charge in [-0.3, -0.25) is 4.79 Å². The Hall–Kier alpha value is -2.61. The van der Waals surface area contributed by atoms with Gasteiger partial charge < -0.3 is 4.74 Å². The van der Waals surface area contributed by atoms with Gasteiger partial charge in [-0.1, -0.05) is 119 Å². The Balaban J connectivity index is 1.26. The Bertz CT molecular complexity index is 995. The number of hydrogen-bond acceptors (Lipinski definition) is 2. The quantitative estimate of drug-likeness (QED) is 0.0845. The highest BCUT2D eigenvalue weighted by molar-refractivity contribution is 6.02. The molecule has 3 aromatic carbocycles. The lowest BCUT2D eigenvalue weighted by Crippen LogP contribution is -2.05. The average molecular weight is 473 g/mol. The molecule has 0 amide bonds. The number of carbonyl (C=O) groups excluding carboxylic acids is 1. The molecule has 0 aliphatic rings. The first kappa shape index (κ1) is 27.0. The van der Waals surface area contributed by atoms with Gasteiger partial charge in [0.1, 0.15) is 6.61 Å². The first-order valence-corrected chi connectivity index (χ1v) is 14.0. The molecule has 0 atom stereocenters. The number of benzene rings is 3. The van der Waals surface area contributed by atoms with Crippen LogP contribution in [0.2, 0.25) is 0 Å². The summed E-state index contributed by atoms with van der Waals surface area (Å²) in [4.78, 5) is 12.4. The van der Waals surface area contributed by atoms with Crippen molar-refractivity contribution in [3.8, 4) is 0 Å². The van der Waals surface area contributed by atoms with Gasteiger partial charge in [0.05, 0.1) is 0 Å². The van der Waals surface area contributed by atoms with Crippen LogP contribution in [0.1, 0.15) is 102 Å². The van der Waals surface area contributed by atoms with Crippen LogP contribution < -0.4 is 0 Å². The van der Waals surface area contributed by atoms with Crippen molar-refractivity contribution in [1.82, 2.24) is 0 Å². The largest absolute Gasteiger partial charge is 0.461 e. The Morgan fingerprint density at radius 2 is 1.20 bits per heavy atom. The SMILES string of the molecule is CCCCCC/C=C\CCCCCCCCCC(=O)OCc1c2ccccc2cc2ccccc12. The third-order valence-corrected chi connectivity index (χ3v) is 6.90. The molecule has 3 aromatic rings. The van der Waals surface area contributed by atoms with Gasteiger partial charge in [0.2, 0.25) is 0 Å². The molecule has 35 heavy (non-hydrogen) atoms. The molecule has 0 aliphatic carbocycles. The van der Waals surface area contributed by atoms with Crippen molar-refractivity contribution < 1.29 is 9.53 Å². The normalized spacial score (nSPS) is 11.6. The average Bonchev–Trinajstić information content (AvgIpc) is 2.88. The predicted molar refractivity (Wildman–Crippen MR) is 151 cm³/mol. The lowest BCUT2D eigenvalue weighted by molar-refractivity contribution is -0.145. The number of unbranched alkanes of at least 4 members (excludes halogenated alkanes) is 11. The number of carbonyl (C=O) groups is 1. The van der Waals surface area contributed by atoms with Gasteiger partial charge in [0, 0.05) is 12.0 Å². The molecule has 0 N–H and O–H groups in total. The molecule has 0 fully saturated rings. The van der Waals surface area contributed by atoms with Crippen LogP contribution in [-0.4, -0.2) is 5.97 Å². The van der Waals surface area contributed by atoms with E-state index in [-0.39, 0.29) is 5.97 Å². The molecule has 2 heteroatoms. The molecule has 188 valence electrons. The monoisotopic (exact) mass is 472 g/mol. The van der Waals surface area contributed by atoms with Crippen molar-refractivity contribution in [3.05, 3.63) is 72.3 Å². The summed E-state index contributed by atoms with van der Waals surface area (Å²) >= 11 is 0. The minimum Gasteiger partial charge on any atom is -0.461 e. The summed E-state index contributed by atoms with van der Waals surface area (Å²) < 4.78 is 5.72. The second-order valence-electron chi connectivity index (χ2n) is 9.79. The van der Waals surface area contributed by atoms with Crippen LogP contribution in [0.5, 0.6) is 0 Å². The van der Waals surface area contributed by atoms with Crippen molar-refractivity contribution in [3.63, 3.8) is 0 Å². The Morgan fingerprint density at radius 3 is 1.80 bits per heavy atom. The van der Waals surface area contributed by atoms with Crippen LogP contribution in [0, 0.1) is 0 Å². The lowest BCUT2D eigenvalue weighted by Gasteiger charge is -2.12. The van der Waals surface area contributed by atoms with Crippen LogP contribution in [0.25, 0.3) is 21.5 Å². The molecule has 0 spiro atoms. The van der Waals surface area contributed by atoms with Crippen LogP contribution in [-0.2, 0) is 16.1 Å². The second kappa shape index (κ2) is 16.1. The highest BCUT2D eigenvalue weighted by atomic mass is 16.5. The third-order valence-electron chi connectivity index (χ3n) is 6.90. The first-order valence-electron chi connectivity index (χ1n) is 14.0. The summed E-state index contributed by atoms with van der Waals surface area (Å²) in [5, 5.41) is 4.72. The van der Waals surface area contributed by atoms with E-state index in [1.54, 1.807) is 0 Å². The summed E-state index contributed by atoms with van der Waals surface area (Å²) in [6.07, 6.45) is 21.6. The molecule has 0 bridgehead atoms. The summed E-state index contributed by atoms with van der Waals surface area (Å²) in [7, 11) is 0. The number of ether oxygens (including phenoxy) is 1. The van der Waals surface area contributed by atoms with E-state index in [1.165, 1.54) is 92.2 Å². The number of rotatable bonds is 17. The Morgan fingerprint density at radius 1 is 0.686 bits per heavy atom. The van der Waals surface area contributed by atoms with Crippen molar-refractivity contribution in [1.29, 1.82) is 0 Å². The zero-order chi connectivity index (χ0) is 24.6. The van der Waals surface area contributed by atoms with Gasteiger partial charge in [-0.15, -0.1) is 0 Å². The maximum atomic E-state index is 12.4. The van der Waals surface area contributed by atoms with E-state index in [4.69, 9.17) is 4.74 Å². The molecule has 0 unspecified atom stereocenters. The van der Waals surface area contributed by atoms with Crippen LogP contribution in [0.15, 0.2) is 66.7 Å². The molecule has 0 saturated carbocycles. The molecule has 0 heterocycles. The topological polar surface area (TPSA) is 26.3 Å².